The Morgan fingerprint density at radius 3 is 2.53 bits per heavy atom. The number of rotatable bonds is 6. The maximum Gasteiger partial charge on any atom is 0.183 e. The van der Waals surface area contributed by atoms with Crippen LogP contribution in [0.4, 0.5) is 0 Å². The van der Waals surface area contributed by atoms with Gasteiger partial charge in [0, 0.05) is 12.1 Å². The predicted octanol–water partition coefficient (Wildman–Crippen LogP) is 2.07. The molecule has 0 saturated heterocycles. The Balaban J connectivity index is 2.26. The molecule has 0 aromatic heterocycles. The summed E-state index contributed by atoms with van der Waals surface area (Å²) in [6, 6.07) is 7.31. The molecule has 0 aliphatic rings. The third kappa shape index (κ3) is 4.93. The van der Waals surface area contributed by atoms with Crippen LogP contribution in [-0.4, -0.2) is 26.1 Å². The highest BCUT2D eigenvalue weighted by molar-refractivity contribution is 6.30. The third-order valence-electron chi connectivity index (χ3n) is 1.75. The number of carbonyl (C=O) groups excluding carboxylic acids is 1. The summed E-state index contributed by atoms with van der Waals surface area (Å²) in [7, 11) is 1.48. The molecule has 1 aromatic rings. The van der Waals surface area contributed by atoms with E-state index in [0.717, 1.165) is 5.56 Å². The minimum atomic E-state index is -0.0635. The van der Waals surface area contributed by atoms with Crippen molar-refractivity contribution >= 4 is 17.4 Å². The van der Waals surface area contributed by atoms with Gasteiger partial charge in [-0.25, -0.2) is 0 Å². The maximum atomic E-state index is 11.0. The summed E-state index contributed by atoms with van der Waals surface area (Å²) in [4.78, 5) is 11.0. The van der Waals surface area contributed by atoms with Gasteiger partial charge in [-0.15, -0.1) is 0 Å². The summed E-state index contributed by atoms with van der Waals surface area (Å²) < 4.78 is 9.88. The smallest absolute Gasteiger partial charge is 0.183 e. The average Bonchev–Trinajstić information content (AvgIpc) is 2.21. The van der Waals surface area contributed by atoms with E-state index in [1.807, 2.05) is 12.1 Å². The molecule has 0 radical (unpaired) electrons. The van der Waals surface area contributed by atoms with Crippen molar-refractivity contribution in [1.82, 2.24) is 0 Å². The molecule has 0 bridgehead atoms. The molecule has 1 aromatic carbocycles. The van der Waals surface area contributed by atoms with Gasteiger partial charge < -0.3 is 9.47 Å². The normalized spacial score (nSPS) is 10.3. The lowest BCUT2D eigenvalue weighted by Gasteiger charge is -2.03. The SMILES string of the molecule is COCC(=O)COCc1ccc(Cl)cc1. The van der Waals surface area contributed by atoms with Gasteiger partial charge in [-0.3, -0.25) is 4.79 Å². The number of Topliss-reactive ketones (excluding diaryl/α,β-unsaturated/α-hetero) is 1. The van der Waals surface area contributed by atoms with Crippen molar-refractivity contribution in [2.75, 3.05) is 20.3 Å². The molecule has 1 rings (SSSR count). The number of ketones is 1. The topological polar surface area (TPSA) is 35.5 Å². The summed E-state index contributed by atoms with van der Waals surface area (Å²) in [5.41, 5.74) is 0.990. The molecule has 82 valence electrons. The van der Waals surface area contributed by atoms with Crippen molar-refractivity contribution in [3.05, 3.63) is 34.9 Å². The fraction of sp³-hybridized carbons (Fsp3) is 0.364. The van der Waals surface area contributed by atoms with Gasteiger partial charge in [-0.05, 0) is 17.7 Å². The van der Waals surface area contributed by atoms with Crippen LogP contribution in [-0.2, 0) is 20.9 Å². The minimum Gasteiger partial charge on any atom is -0.377 e. The van der Waals surface area contributed by atoms with E-state index in [-0.39, 0.29) is 19.0 Å². The van der Waals surface area contributed by atoms with E-state index in [1.54, 1.807) is 12.1 Å². The Morgan fingerprint density at radius 2 is 1.93 bits per heavy atom. The molecule has 0 aliphatic heterocycles. The number of benzene rings is 1. The van der Waals surface area contributed by atoms with Crippen molar-refractivity contribution in [2.45, 2.75) is 6.61 Å². The highest BCUT2D eigenvalue weighted by Gasteiger charge is 2.01. The fourth-order valence-corrected chi connectivity index (χ4v) is 1.19. The molecular weight excluding hydrogens is 216 g/mol. The molecule has 0 saturated carbocycles. The predicted molar refractivity (Wildman–Crippen MR) is 58.0 cm³/mol. The zero-order valence-electron chi connectivity index (χ0n) is 8.53. The minimum absolute atomic E-state index is 0.0635. The monoisotopic (exact) mass is 228 g/mol. The Bertz CT molecular complexity index is 308. The van der Waals surface area contributed by atoms with Gasteiger partial charge in [0.2, 0.25) is 0 Å². The van der Waals surface area contributed by atoms with Gasteiger partial charge in [0.15, 0.2) is 5.78 Å². The molecule has 0 N–H and O–H groups in total. The van der Waals surface area contributed by atoms with E-state index >= 15 is 0 Å². The number of hydrogen-bond acceptors (Lipinski definition) is 3. The first-order chi connectivity index (χ1) is 7.22. The van der Waals surface area contributed by atoms with Gasteiger partial charge in [0.1, 0.15) is 13.2 Å². The Hall–Kier alpha value is -0.900. The van der Waals surface area contributed by atoms with E-state index in [0.29, 0.717) is 11.6 Å². The Kier molecular flexibility index (Phi) is 5.32. The lowest BCUT2D eigenvalue weighted by molar-refractivity contribution is -0.127. The second-order valence-electron chi connectivity index (χ2n) is 3.09. The second-order valence-corrected chi connectivity index (χ2v) is 3.53. The van der Waals surface area contributed by atoms with Crippen molar-refractivity contribution in [3.63, 3.8) is 0 Å². The van der Waals surface area contributed by atoms with Crippen LogP contribution in [0.25, 0.3) is 0 Å². The average molecular weight is 229 g/mol. The molecule has 0 fully saturated rings. The maximum absolute atomic E-state index is 11.0. The summed E-state index contributed by atoms with van der Waals surface area (Å²) >= 11 is 5.73. The first kappa shape index (κ1) is 12.2. The molecule has 0 spiro atoms. The van der Waals surface area contributed by atoms with Gasteiger partial charge in [0.25, 0.3) is 0 Å². The third-order valence-corrected chi connectivity index (χ3v) is 2.00. The summed E-state index contributed by atoms with van der Waals surface area (Å²) in [6.45, 7) is 0.587. The highest BCUT2D eigenvalue weighted by atomic mass is 35.5. The first-order valence-corrected chi connectivity index (χ1v) is 4.93. The lowest BCUT2D eigenvalue weighted by Crippen LogP contribution is -2.14. The van der Waals surface area contributed by atoms with E-state index in [2.05, 4.69) is 4.74 Å². The first-order valence-electron chi connectivity index (χ1n) is 4.55. The standard InChI is InChI=1S/C11H13ClO3/c1-14-7-11(13)8-15-6-9-2-4-10(12)5-3-9/h2-5H,6-8H2,1H3. The van der Waals surface area contributed by atoms with Crippen LogP contribution >= 0.6 is 11.6 Å². The highest BCUT2D eigenvalue weighted by Crippen LogP contribution is 2.09. The largest absolute Gasteiger partial charge is 0.377 e. The lowest BCUT2D eigenvalue weighted by atomic mass is 10.2. The van der Waals surface area contributed by atoms with Crippen molar-refractivity contribution in [3.8, 4) is 0 Å². The molecule has 0 heterocycles. The van der Waals surface area contributed by atoms with Crippen molar-refractivity contribution < 1.29 is 14.3 Å². The van der Waals surface area contributed by atoms with E-state index in [9.17, 15) is 4.79 Å². The molecule has 3 nitrogen and oxygen atoms in total. The van der Waals surface area contributed by atoms with Crippen LogP contribution in [0, 0.1) is 0 Å². The van der Waals surface area contributed by atoms with Crippen LogP contribution in [0.5, 0.6) is 0 Å². The van der Waals surface area contributed by atoms with E-state index in [1.165, 1.54) is 7.11 Å². The van der Waals surface area contributed by atoms with Crippen molar-refractivity contribution in [2.24, 2.45) is 0 Å². The van der Waals surface area contributed by atoms with Gasteiger partial charge >= 0.3 is 0 Å². The number of methoxy groups -OCH3 is 1. The molecular formula is C11H13ClO3. The van der Waals surface area contributed by atoms with Crippen molar-refractivity contribution in [1.29, 1.82) is 0 Å². The Labute approximate surface area is 93.9 Å². The van der Waals surface area contributed by atoms with Crippen LogP contribution in [0.1, 0.15) is 5.56 Å². The molecule has 0 atom stereocenters. The molecule has 0 unspecified atom stereocenters. The summed E-state index contributed by atoms with van der Waals surface area (Å²) in [6.07, 6.45) is 0. The van der Waals surface area contributed by atoms with Crippen LogP contribution < -0.4 is 0 Å². The molecule has 0 aliphatic carbocycles. The second kappa shape index (κ2) is 6.56. The molecule has 0 amide bonds. The number of halogens is 1. The Morgan fingerprint density at radius 1 is 1.27 bits per heavy atom. The van der Waals surface area contributed by atoms with Crippen LogP contribution in [0.2, 0.25) is 5.02 Å². The number of carbonyl (C=O) groups is 1. The fourth-order valence-electron chi connectivity index (χ4n) is 1.07. The molecule has 15 heavy (non-hydrogen) atoms. The zero-order valence-corrected chi connectivity index (χ0v) is 9.29. The summed E-state index contributed by atoms with van der Waals surface area (Å²) in [5, 5.41) is 0.689. The summed E-state index contributed by atoms with van der Waals surface area (Å²) in [5.74, 6) is -0.0635. The van der Waals surface area contributed by atoms with E-state index < -0.39 is 0 Å². The quantitative estimate of drug-likeness (QED) is 0.748. The van der Waals surface area contributed by atoms with E-state index in [4.69, 9.17) is 16.3 Å². The number of ether oxygens (including phenoxy) is 2. The van der Waals surface area contributed by atoms with Crippen LogP contribution in [0.3, 0.4) is 0 Å². The van der Waals surface area contributed by atoms with Gasteiger partial charge in [0.05, 0.1) is 6.61 Å². The van der Waals surface area contributed by atoms with Gasteiger partial charge in [-0.2, -0.15) is 0 Å². The number of hydrogen-bond donors (Lipinski definition) is 0. The zero-order chi connectivity index (χ0) is 11.1. The van der Waals surface area contributed by atoms with Crippen LogP contribution in [0.15, 0.2) is 24.3 Å². The molecule has 4 heteroatoms. The van der Waals surface area contributed by atoms with Gasteiger partial charge in [-0.1, -0.05) is 23.7 Å².